The van der Waals surface area contributed by atoms with Crippen LogP contribution in [0.2, 0.25) is 0 Å². The molecule has 1 N–H and O–H groups in total. The molecule has 0 amide bonds. The molecule has 0 saturated carbocycles. The van der Waals surface area contributed by atoms with E-state index in [0.717, 1.165) is 22.5 Å². The molecule has 3 rings (SSSR count). The first-order valence-corrected chi connectivity index (χ1v) is 8.58. The molecule has 0 spiro atoms. The van der Waals surface area contributed by atoms with E-state index in [0.29, 0.717) is 10.9 Å². The maximum Gasteiger partial charge on any atom is 0.295 e. The lowest BCUT2D eigenvalue weighted by Gasteiger charge is -2.12. The lowest BCUT2D eigenvalue weighted by molar-refractivity contribution is 0.483. The Labute approximate surface area is 116 Å². The Bertz CT molecular complexity index is 792. The molecule has 2 aromatic carbocycles. The Kier molecular flexibility index (Phi) is 2.89. The number of fused-ring (bicyclic) bond motifs is 2. The van der Waals surface area contributed by atoms with E-state index in [9.17, 15) is 13.0 Å². The number of benzene rings is 2. The maximum absolute atomic E-state index is 11.7. The van der Waals surface area contributed by atoms with E-state index < -0.39 is 10.1 Å². The van der Waals surface area contributed by atoms with Crippen molar-refractivity contribution < 1.29 is 13.0 Å². The summed E-state index contributed by atoms with van der Waals surface area (Å²) in [6.45, 7) is 3.60. The van der Waals surface area contributed by atoms with E-state index in [1.807, 2.05) is 36.9 Å². The average molecular weight is 294 g/mol. The molecule has 100 valence electrons. The predicted octanol–water partition coefficient (Wildman–Crippen LogP) is 3.45. The molecule has 0 aromatic heterocycles. The molecule has 0 bridgehead atoms. The van der Waals surface area contributed by atoms with Gasteiger partial charge in [0.25, 0.3) is 10.1 Å². The van der Waals surface area contributed by atoms with Crippen LogP contribution in [-0.2, 0) is 21.6 Å². The summed E-state index contributed by atoms with van der Waals surface area (Å²) in [5, 5.41) is 1.52. The van der Waals surface area contributed by atoms with Crippen molar-refractivity contribution in [3.05, 3.63) is 40.5 Å². The molecule has 0 radical (unpaired) electrons. The van der Waals surface area contributed by atoms with Gasteiger partial charge in [0, 0.05) is 16.9 Å². The van der Waals surface area contributed by atoms with E-state index >= 15 is 0 Å². The minimum Gasteiger partial charge on any atom is -0.282 e. The molecule has 0 aliphatic carbocycles. The summed E-state index contributed by atoms with van der Waals surface area (Å²) in [4.78, 5) is 0.0576. The first-order chi connectivity index (χ1) is 8.88. The normalized spacial score (nSPS) is 14.9. The van der Waals surface area contributed by atoms with Gasteiger partial charge in [0.05, 0.1) is 0 Å². The third-order valence-corrected chi connectivity index (χ3v) is 5.77. The molecule has 0 fully saturated rings. The summed E-state index contributed by atoms with van der Waals surface area (Å²) in [6.07, 6.45) is 0. The molecule has 0 saturated heterocycles. The average Bonchev–Trinajstić information content (AvgIpc) is 2.73. The standard InChI is InChI=1S/C14H14O3S2/c1-8-3-10-4-11-6-18-7-12(11)5-13(10)14(9(8)2)19(15,16)17/h3-5H,6-7H2,1-2H3,(H,15,16,17). The van der Waals surface area contributed by atoms with Crippen molar-refractivity contribution in [2.45, 2.75) is 30.2 Å². The fraction of sp³-hybridized carbons (Fsp3) is 0.286. The van der Waals surface area contributed by atoms with Gasteiger partial charge in [-0.1, -0.05) is 6.07 Å². The van der Waals surface area contributed by atoms with Gasteiger partial charge in [-0.05, 0) is 53.6 Å². The van der Waals surface area contributed by atoms with E-state index in [1.165, 1.54) is 11.1 Å². The van der Waals surface area contributed by atoms with Gasteiger partial charge < -0.3 is 0 Å². The third kappa shape index (κ3) is 2.06. The van der Waals surface area contributed by atoms with Crippen LogP contribution >= 0.6 is 11.8 Å². The Morgan fingerprint density at radius 2 is 1.74 bits per heavy atom. The molecule has 0 unspecified atom stereocenters. The van der Waals surface area contributed by atoms with Crippen LogP contribution in [0, 0.1) is 13.8 Å². The zero-order valence-corrected chi connectivity index (χ0v) is 12.4. The second-order valence-electron chi connectivity index (χ2n) is 4.96. The topological polar surface area (TPSA) is 54.4 Å². The predicted molar refractivity (Wildman–Crippen MR) is 78.2 cm³/mol. The van der Waals surface area contributed by atoms with Crippen molar-refractivity contribution in [2.75, 3.05) is 0 Å². The van der Waals surface area contributed by atoms with Gasteiger partial charge >= 0.3 is 0 Å². The van der Waals surface area contributed by atoms with Gasteiger partial charge in [0.2, 0.25) is 0 Å². The first-order valence-electron chi connectivity index (χ1n) is 5.99. The summed E-state index contributed by atoms with van der Waals surface area (Å²) in [5.41, 5.74) is 3.94. The molecule has 3 nitrogen and oxygen atoms in total. The van der Waals surface area contributed by atoms with Gasteiger partial charge in [0.15, 0.2) is 0 Å². The van der Waals surface area contributed by atoms with Crippen LogP contribution in [-0.4, -0.2) is 13.0 Å². The Morgan fingerprint density at radius 1 is 1.11 bits per heavy atom. The summed E-state index contributed by atoms with van der Waals surface area (Å²) in [7, 11) is -4.21. The summed E-state index contributed by atoms with van der Waals surface area (Å²) in [5.74, 6) is 1.88. The Morgan fingerprint density at radius 3 is 2.37 bits per heavy atom. The van der Waals surface area contributed by atoms with E-state index in [2.05, 4.69) is 0 Å². The van der Waals surface area contributed by atoms with Crippen molar-refractivity contribution in [1.29, 1.82) is 0 Å². The number of aryl methyl sites for hydroxylation is 1. The van der Waals surface area contributed by atoms with Crippen molar-refractivity contribution in [2.24, 2.45) is 0 Å². The zero-order chi connectivity index (χ0) is 13.8. The molecule has 19 heavy (non-hydrogen) atoms. The van der Waals surface area contributed by atoms with Crippen LogP contribution in [0.1, 0.15) is 22.3 Å². The summed E-state index contributed by atoms with van der Waals surface area (Å²) < 4.78 is 32.8. The molecule has 2 aromatic rings. The quantitative estimate of drug-likeness (QED) is 0.818. The van der Waals surface area contributed by atoms with Crippen LogP contribution in [0.15, 0.2) is 23.1 Å². The number of thioether (sulfide) groups is 1. The number of hydrogen-bond acceptors (Lipinski definition) is 3. The monoisotopic (exact) mass is 294 g/mol. The summed E-state index contributed by atoms with van der Waals surface area (Å²) in [6, 6.07) is 5.95. The van der Waals surface area contributed by atoms with E-state index in [4.69, 9.17) is 0 Å². The van der Waals surface area contributed by atoms with Gasteiger partial charge in [-0.25, -0.2) is 0 Å². The highest BCUT2D eigenvalue weighted by atomic mass is 32.2. The van der Waals surface area contributed by atoms with Crippen molar-refractivity contribution >= 4 is 32.7 Å². The second-order valence-corrected chi connectivity index (χ2v) is 7.30. The van der Waals surface area contributed by atoms with E-state index in [1.54, 1.807) is 6.92 Å². The number of rotatable bonds is 1. The SMILES string of the molecule is Cc1cc2cc3c(cc2c(S(=O)(=O)O)c1C)CSC3. The molecular weight excluding hydrogens is 280 g/mol. The highest BCUT2D eigenvalue weighted by Crippen LogP contribution is 2.36. The maximum atomic E-state index is 11.7. The summed E-state index contributed by atoms with van der Waals surface area (Å²) >= 11 is 1.82. The third-order valence-electron chi connectivity index (χ3n) is 3.69. The highest BCUT2D eigenvalue weighted by Gasteiger charge is 2.21. The Balaban J connectivity index is 2.49. The van der Waals surface area contributed by atoms with Gasteiger partial charge in [0.1, 0.15) is 4.90 Å². The fourth-order valence-electron chi connectivity index (χ4n) is 2.62. The van der Waals surface area contributed by atoms with Gasteiger partial charge in [-0.2, -0.15) is 20.2 Å². The van der Waals surface area contributed by atoms with Crippen LogP contribution in [0.4, 0.5) is 0 Å². The molecule has 1 aliphatic heterocycles. The molecular formula is C14H14O3S2. The molecule has 0 atom stereocenters. The smallest absolute Gasteiger partial charge is 0.282 e. The van der Waals surface area contributed by atoms with Gasteiger partial charge in [-0.3, -0.25) is 4.55 Å². The van der Waals surface area contributed by atoms with Crippen LogP contribution < -0.4 is 0 Å². The largest absolute Gasteiger partial charge is 0.295 e. The molecule has 1 heterocycles. The fourth-order valence-corrected chi connectivity index (χ4v) is 4.70. The van der Waals surface area contributed by atoms with Crippen molar-refractivity contribution in [3.63, 3.8) is 0 Å². The first kappa shape index (κ1) is 13.0. The zero-order valence-electron chi connectivity index (χ0n) is 10.7. The minimum atomic E-state index is -4.21. The van der Waals surface area contributed by atoms with E-state index in [-0.39, 0.29) is 4.90 Å². The molecule has 1 aliphatic rings. The Hall–Kier alpha value is -1.04. The number of hydrogen-bond donors (Lipinski definition) is 1. The lowest BCUT2D eigenvalue weighted by Crippen LogP contribution is -2.04. The van der Waals surface area contributed by atoms with Crippen LogP contribution in [0.5, 0.6) is 0 Å². The lowest BCUT2D eigenvalue weighted by atomic mass is 9.98. The van der Waals surface area contributed by atoms with Crippen LogP contribution in [0.3, 0.4) is 0 Å². The second kappa shape index (κ2) is 4.23. The van der Waals surface area contributed by atoms with Crippen LogP contribution in [0.25, 0.3) is 10.8 Å². The van der Waals surface area contributed by atoms with Gasteiger partial charge in [-0.15, -0.1) is 0 Å². The van der Waals surface area contributed by atoms with Crippen molar-refractivity contribution in [1.82, 2.24) is 0 Å². The highest BCUT2D eigenvalue weighted by molar-refractivity contribution is 7.98. The minimum absolute atomic E-state index is 0.0576. The van der Waals surface area contributed by atoms with Crippen molar-refractivity contribution in [3.8, 4) is 0 Å². The molecule has 5 heteroatoms.